The number of hydrogen-bond donors (Lipinski definition) is 1. The smallest absolute Gasteiger partial charge is 0.457 e. The highest BCUT2D eigenvalue weighted by Gasteiger charge is 2.68. The molecule has 8 atom stereocenters. The lowest BCUT2D eigenvalue weighted by Gasteiger charge is -2.64. The average molecular weight is 2050 g/mol. The van der Waals surface area contributed by atoms with Crippen molar-refractivity contribution in [3.63, 3.8) is 0 Å². The number of rotatable bonds is 22. The Morgan fingerprint density at radius 2 is 0.973 bits per heavy atom. The first-order valence-corrected chi connectivity index (χ1v) is 59.3. The molecule has 2 aliphatic heterocycles. The summed E-state index contributed by atoms with van der Waals surface area (Å²) in [4.78, 5) is 14.3. The van der Waals surface area contributed by atoms with Crippen molar-refractivity contribution in [1.29, 1.82) is 0 Å². The van der Waals surface area contributed by atoms with E-state index in [1.54, 1.807) is 126 Å². The van der Waals surface area contributed by atoms with Gasteiger partial charge in [-0.25, -0.2) is 14.4 Å². The molecule has 2 saturated heterocycles. The van der Waals surface area contributed by atoms with Crippen molar-refractivity contribution in [3.8, 4) is 23.0 Å². The first-order chi connectivity index (χ1) is 69.4. The molecular weight excluding hydrogens is 1850 g/mol. The van der Waals surface area contributed by atoms with Gasteiger partial charge >= 0.3 is 7.12 Å². The van der Waals surface area contributed by atoms with Gasteiger partial charge in [-0.2, -0.15) is 0 Å². The van der Waals surface area contributed by atoms with Crippen molar-refractivity contribution in [2.45, 2.75) is 398 Å². The average Bonchev–Trinajstić information content (AvgIpc) is 1.62. The largest absolute Gasteiger partial charge is 0.508 e. The number of halogens is 1. The SMILES string of the molecule is CC(C)C1(C)COC1.CC(C)C12CC3CC(CC(C)(C3)C1)C2.CC(C)C12CC3CC(CC1C3)C2.CC(C)CB1O[C@@H]2C[C@@H]3C[C@@H](C3(C)C)[C@]2(C)O1.CC(C)Cc1ccc(O)cc1.CC(C)Cc1ccccc1.CC(C)Cc1ccccc1.CC(C)Cc1nccs1.CC(C)c1ccc(F)cn1.CC(C)c1ccccc1.CC(C)c1nc2c(s1)CCCC2.COc1cc(CC(C)C)cc(OC)c1.COc1ccccc1C(C)C. The molecule has 816 valence electrons. The Bertz CT molecular complexity index is 4980. The maximum Gasteiger partial charge on any atom is 0.457 e. The Labute approximate surface area is 906 Å². The van der Waals surface area contributed by atoms with Crippen LogP contribution in [0, 0.1) is 128 Å². The number of ether oxygens (including phenoxy) is 4. The van der Waals surface area contributed by atoms with E-state index in [9.17, 15) is 4.39 Å². The molecule has 14 heteroatoms. The van der Waals surface area contributed by atoms with Gasteiger partial charge in [-0.1, -0.05) is 329 Å². The van der Waals surface area contributed by atoms with Gasteiger partial charge in [0.15, 0.2) is 0 Å². The minimum atomic E-state index is -0.274. The summed E-state index contributed by atoms with van der Waals surface area (Å²) in [6.07, 6.45) is 35.2. The van der Waals surface area contributed by atoms with Crippen molar-refractivity contribution in [2.75, 3.05) is 34.5 Å². The number of phenols is 1. The minimum Gasteiger partial charge on any atom is -0.508 e. The van der Waals surface area contributed by atoms with Gasteiger partial charge in [-0.05, 0) is 358 Å². The summed E-state index contributed by atoms with van der Waals surface area (Å²) >= 11 is 3.67. The van der Waals surface area contributed by atoms with Crippen molar-refractivity contribution < 1.29 is 37.8 Å². The lowest BCUT2D eigenvalue weighted by Crippen LogP contribution is -2.65. The number of aromatic hydroxyl groups is 1. The lowest BCUT2D eigenvalue weighted by molar-refractivity contribution is -0.199. The van der Waals surface area contributed by atoms with E-state index in [1.165, 1.54) is 113 Å². The molecule has 3 aromatic heterocycles. The van der Waals surface area contributed by atoms with Gasteiger partial charge in [0.1, 0.15) is 28.8 Å². The van der Waals surface area contributed by atoms with E-state index in [0.29, 0.717) is 70.0 Å². The molecule has 23 rings (SSSR count). The Kier molecular flexibility index (Phi) is 50.9. The van der Waals surface area contributed by atoms with Crippen LogP contribution in [0.15, 0.2) is 188 Å². The van der Waals surface area contributed by atoms with Crippen molar-refractivity contribution in [1.82, 2.24) is 15.0 Å². The Hall–Kier alpha value is -7.20. The predicted molar refractivity (Wildman–Crippen MR) is 629 cm³/mol. The maximum atomic E-state index is 12.3. The van der Waals surface area contributed by atoms with Gasteiger partial charge in [-0.3, -0.25) is 4.98 Å². The van der Waals surface area contributed by atoms with Crippen LogP contribution in [-0.2, 0) is 59.0 Å². The summed E-state index contributed by atoms with van der Waals surface area (Å²) in [5.74, 6) is 19.0. The summed E-state index contributed by atoms with van der Waals surface area (Å²) < 4.78 is 45.5. The first-order valence-electron chi connectivity index (χ1n) is 57.6. The van der Waals surface area contributed by atoms with Crippen LogP contribution in [0.4, 0.5) is 4.39 Å². The van der Waals surface area contributed by atoms with Crippen LogP contribution >= 0.6 is 22.7 Å². The number of hydrogen-bond acceptors (Lipinski definition) is 12. The van der Waals surface area contributed by atoms with Crippen LogP contribution in [0.5, 0.6) is 23.0 Å². The Morgan fingerprint density at radius 3 is 1.37 bits per heavy atom. The third-order valence-corrected chi connectivity index (χ3v) is 35.6. The summed E-state index contributed by atoms with van der Waals surface area (Å²) in [7, 11) is 5.10. The monoisotopic (exact) mass is 2050 g/mol. The van der Waals surface area contributed by atoms with Crippen molar-refractivity contribution in [3.05, 3.63) is 253 Å². The second kappa shape index (κ2) is 59.9. The number of fused-ring (bicyclic) bond motifs is 1. The fourth-order valence-corrected chi connectivity index (χ4v) is 27.2. The highest BCUT2D eigenvalue weighted by atomic mass is 32.1. The molecule has 0 radical (unpaired) electrons. The molecule has 11 saturated carbocycles. The zero-order valence-corrected chi connectivity index (χ0v) is 100. The van der Waals surface area contributed by atoms with E-state index in [0.717, 1.165) is 149 Å². The topological polar surface area (TPSA) is 114 Å². The van der Waals surface area contributed by atoms with E-state index >= 15 is 0 Å². The standard InChI is InChI=1S/C14H25BO2.C14H24.C12H18O2.C12H20.C10H15NS.2C10H14O.2C10H14.C9H12.C8H10FN.C7H11NS.C7H14O/c1-9(2)8-15-16-12-7-10-6-11(13(10,3)4)14(12,5)17-15;1-10(2)14-7-11-4-12(8-14)6-13(3,5-11)9-14;1-9(2)5-10-6-11(13-3)8-12(7-10)14-4;1-8(2)12-6-9-3-10(7-12)5-11(12)4-9;1-7(2)10-11-8-5-3-4-6-9(8)12-10;1-8(2)9-6-4-5-7-10(9)11-3;1-8(2)7-9-3-5-10(11)6-4-9;2*1-9(2)8-10-6-4-3-5-7-10;1-8(2)9-6-4-3-5-7-9;1-6(2)8-4-3-7(9)5-10-8;1-6(2)5-7-8-3-4-9-7;1-6(2)7(3)4-8-5-7/h9-12H,6-8H2,1-5H3;10-12H,4-9H2,1-3H3;6-9H,5H2,1-4H3;8-11H,3-7H2,1-2H3;7H,3-6H2,1-2H3;4-8H,1-3H3;3-6,8,11H,7H2,1-2H3;2*3-7,9H,8H2,1-2H3;3-8H,1-2H3;3-6H,1-2H3;3-4,6H,5H2,1-2H3;6H,4-5H2,1-3H3/t10-,11-,12+,14-;;;;;;;;;;;;/m0............/s1. The third kappa shape index (κ3) is 39.4. The number of thiazole rings is 2. The summed E-state index contributed by atoms with van der Waals surface area (Å²) in [6.45, 7) is 72.1. The molecule has 9 aromatic rings. The van der Waals surface area contributed by atoms with E-state index < -0.39 is 0 Å². The molecule has 10 bridgehead atoms. The zero-order chi connectivity index (χ0) is 108. The third-order valence-electron chi connectivity index (χ3n) is 33.3. The summed E-state index contributed by atoms with van der Waals surface area (Å²) in [5.41, 5.74) is 13.7. The Balaban J connectivity index is 0.000000195. The Morgan fingerprint density at radius 1 is 0.463 bits per heavy atom. The van der Waals surface area contributed by atoms with Gasteiger partial charge in [0.25, 0.3) is 0 Å². The molecule has 6 aromatic carbocycles. The predicted octanol–water partition coefficient (Wildman–Crippen LogP) is 37.5. The quantitative estimate of drug-likeness (QED) is 0.0658. The van der Waals surface area contributed by atoms with E-state index in [1.807, 2.05) is 79.2 Å². The first kappa shape index (κ1) is 125. The molecule has 1 N–H and O–H groups in total. The number of aryl methyl sites for hydroxylation is 2. The highest BCUT2D eigenvalue weighted by Crippen LogP contribution is 2.70. The summed E-state index contributed by atoms with van der Waals surface area (Å²) in [5, 5.41) is 13.6. The van der Waals surface area contributed by atoms with Crippen LogP contribution in [0.3, 0.4) is 0 Å². The van der Waals surface area contributed by atoms with Crippen molar-refractivity contribution >= 4 is 29.8 Å². The van der Waals surface area contributed by atoms with E-state index in [4.69, 9.17) is 33.4 Å². The molecule has 0 amide bonds. The molecular formula is C133H205BFN3O7S2. The maximum absolute atomic E-state index is 12.3. The number of para-hydroxylation sites is 1. The fourth-order valence-electron chi connectivity index (χ4n) is 25.2. The molecule has 4 unspecified atom stereocenters. The van der Waals surface area contributed by atoms with Crippen LogP contribution in [-0.4, -0.2) is 73.4 Å². The molecule has 10 nitrogen and oxygen atoms in total. The lowest BCUT2D eigenvalue weighted by atomic mass is 9.42. The number of benzene rings is 6. The van der Waals surface area contributed by atoms with Crippen LogP contribution < -0.4 is 14.2 Å². The molecule has 0 spiro atoms. The highest BCUT2D eigenvalue weighted by molar-refractivity contribution is 7.11. The molecule has 12 aliphatic carbocycles. The van der Waals surface area contributed by atoms with E-state index in [-0.39, 0.29) is 18.5 Å². The van der Waals surface area contributed by atoms with Gasteiger partial charge in [-0.15, -0.1) is 22.7 Å². The van der Waals surface area contributed by atoms with Crippen LogP contribution in [0.2, 0.25) is 6.32 Å². The molecule has 13 fully saturated rings. The normalized spacial score (nSPS) is 23.9. The number of methoxy groups -OCH3 is 3. The number of aromatic nitrogens is 3. The molecule has 5 heterocycles. The number of nitrogens with zero attached hydrogens (tertiary/aromatic N) is 3. The fraction of sp³-hybridized carbons (Fsp3) is 0.647. The van der Waals surface area contributed by atoms with E-state index in [2.05, 4.69) is 319 Å². The van der Waals surface area contributed by atoms with Gasteiger partial charge in [0, 0.05) is 46.0 Å². The molecule has 147 heavy (non-hydrogen) atoms. The second-order valence-electron chi connectivity index (χ2n) is 51.6. The second-order valence-corrected chi connectivity index (χ2v) is 53.7. The van der Waals surface area contributed by atoms with Gasteiger partial charge in [0.2, 0.25) is 0 Å². The van der Waals surface area contributed by atoms with Crippen molar-refractivity contribution in [2.24, 2.45) is 122 Å². The van der Waals surface area contributed by atoms with Gasteiger partial charge in [0.05, 0.1) is 68.2 Å². The number of pyridine rings is 1. The summed E-state index contributed by atoms with van der Waals surface area (Å²) in [6, 6.07) is 56.4. The van der Waals surface area contributed by atoms with Crippen LogP contribution in [0.1, 0.15) is 394 Å². The van der Waals surface area contributed by atoms with Crippen LogP contribution in [0.25, 0.3) is 0 Å². The number of phenolic OH excluding ortho intramolecular Hbond substituents is 1. The van der Waals surface area contributed by atoms with Gasteiger partial charge < -0.3 is 33.4 Å². The molecule has 14 aliphatic rings. The minimum absolute atomic E-state index is 0.0161. The zero-order valence-electron chi connectivity index (χ0n) is 98.7.